The molecule has 0 spiro atoms. The number of carboxylic acid groups (broad SMARTS) is 1. The summed E-state index contributed by atoms with van der Waals surface area (Å²) in [7, 11) is 0. The molecule has 1 aliphatic carbocycles. The van der Waals surface area contributed by atoms with Crippen LogP contribution in [0, 0.1) is 0 Å². The van der Waals surface area contributed by atoms with Crippen molar-refractivity contribution in [3.63, 3.8) is 0 Å². The van der Waals surface area contributed by atoms with Crippen molar-refractivity contribution >= 4 is 12.0 Å². The molecule has 2 amide bonds. The number of hydrogen-bond acceptors (Lipinski definition) is 2. The normalized spacial score (nSPS) is 15.3. The number of nitrogens with one attached hydrogen (secondary N) is 1. The van der Waals surface area contributed by atoms with Gasteiger partial charge in [0.05, 0.1) is 0 Å². The number of aliphatic carboxylic acids is 1. The van der Waals surface area contributed by atoms with E-state index in [0.717, 1.165) is 24.8 Å². The molecule has 1 aromatic rings. The van der Waals surface area contributed by atoms with Crippen molar-refractivity contribution < 1.29 is 14.7 Å². The molecular formula is C16H22N2O3. The van der Waals surface area contributed by atoms with E-state index in [2.05, 4.69) is 5.32 Å². The lowest BCUT2D eigenvalue weighted by Gasteiger charge is -2.24. The number of hydrogen-bond donors (Lipinski definition) is 2. The predicted molar refractivity (Wildman–Crippen MR) is 80.1 cm³/mol. The van der Waals surface area contributed by atoms with E-state index in [1.165, 1.54) is 0 Å². The first-order valence-electron chi connectivity index (χ1n) is 7.45. The molecule has 2 N–H and O–H groups in total. The minimum atomic E-state index is -1.00. The third-order valence-electron chi connectivity index (χ3n) is 3.59. The van der Waals surface area contributed by atoms with Crippen LogP contribution in [-0.4, -0.2) is 40.6 Å². The Balaban J connectivity index is 1.98. The third kappa shape index (κ3) is 4.48. The molecule has 0 unspecified atom stereocenters. The summed E-state index contributed by atoms with van der Waals surface area (Å²) in [6.45, 7) is 2.69. The van der Waals surface area contributed by atoms with Crippen LogP contribution in [0.3, 0.4) is 0 Å². The van der Waals surface area contributed by atoms with Gasteiger partial charge in [0, 0.05) is 19.0 Å². The number of carboxylic acids is 1. The highest BCUT2D eigenvalue weighted by atomic mass is 16.4. The maximum absolute atomic E-state index is 12.3. The Bertz CT molecular complexity index is 486. The Kier molecular flexibility index (Phi) is 5.20. The zero-order valence-corrected chi connectivity index (χ0v) is 12.3. The monoisotopic (exact) mass is 290 g/mol. The van der Waals surface area contributed by atoms with Crippen LogP contribution in [-0.2, 0) is 11.2 Å². The van der Waals surface area contributed by atoms with Crippen LogP contribution in [0.5, 0.6) is 0 Å². The molecule has 1 saturated carbocycles. The highest BCUT2D eigenvalue weighted by Gasteiger charge is 2.33. The van der Waals surface area contributed by atoms with E-state index in [9.17, 15) is 14.7 Å². The lowest BCUT2D eigenvalue weighted by Crippen LogP contribution is -2.49. The van der Waals surface area contributed by atoms with Crippen molar-refractivity contribution in [2.75, 3.05) is 6.54 Å². The molecule has 5 heteroatoms. The van der Waals surface area contributed by atoms with Gasteiger partial charge in [0.1, 0.15) is 6.04 Å². The Morgan fingerprint density at radius 2 is 2.00 bits per heavy atom. The Morgan fingerprint density at radius 3 is 2.52 bits per heavy atom. The van der Waals surface area contributed by atoms with Crippen LogP contribution >= 0.6 is 0 Å². The van der Waals surface area contributed by atoms with Crippen molar-refractivity contribution in [2.45, 2.75) is 44.7 Å². The summed E-state index contributed by atoms with van der Waals surface area (Å²) in [6, 6.07) is 8.48. The van der Waals surface area contributed by atoms with Gasteiger partial charge in [-0.2, -0.15) is 0 Å². The number of amides is 2. The molecule has 0 aliphatic heterocycles. The van der Waals surface area contributed by atoms with Crippen LogP contribution in [0.1, 0.15) is 31.7 Å². The fourth-order valence-electron chi connectivity index (χ4n) is 2.36. The van der Waals surface area contributed by atoms with E-state index in [-0.39, 0.29) is 12.1 Å². The topological polar surface area (TPSA) is 69.6 Å². The number of carbonyl (C=O) groups excluding carboxylic acids is 1. The van der Waals surface area contributed by atoms with Gasteiger partial charge in [-0.05, 0) is 24.8 Å². The average Bonchev–Trinajstić information content (AvgIpc) is 3.29. The maximum Gasteiger partial charge on any atom is 0.326 e. The van der Waals surface area contributed by atoms with Gasteiger partial charge >= 0.3 is 12.0 Å². The van der Waals surface area contributed by atoms with E-state index >= 15 is 0 Å². The van der Waals surface area contributed by atoms with Gasteiger partial charge in [0.25, 0.3) is 0 Å². The first-order chi connectivity index (χ1) is 10.1. The van der Waals surface area contributed by atoms with Gasteiger partial charge in [0.2, 0.25) is 0 Å². The lowest BCUT2D eigenvalue weighted by atomic mass is 10.1. The van der Waals surface area contributed by atoms with Crippen molar-refractivity contribution in [1.29, 1.82) is 0 Å². The first kappa shape index (κ1) is 15.4. The van der Waals surface area contributed by atoms with Gasteiger partial charge in [-0.15, -0.1) is 0 Å². The third-order valence-corrected chi connectivity index (χ3v) is 3.59. The molecular weight excluding hydrogens is 268 g/mol. The van der Waals surface area contributed by atoms with Gasteiger partial charge < -0.3 is 15.3 Å². The van der Waals surface area contributed by atoms with E-state index in [1.807, 2.05) is 37.3 Å². The smallest absolute Gasteiger partial charge is 0.326 e. The molecule has 1 fully saturated rings. The van der Waals surface area contributed by atoms with Gasteiger partial charge in [-0.25, -0.2) is 9.59 Å². The molecule has 0 heterocycles. The minimum absolute atomic E-state index is 0.261. The van der Waals surface area contributed by atoms with Gasteiger partial charge in [-0.1, -0.05) is 37.3 Å². The number of urea groups is 1. The summed E-state index contributed by atoms with van der Waals surface area (Å²) >= 11 is 0. The second-order valence-electron chi connectivity index (χ2n) is 5.45. The van der Waals surface area contributed by atoms with Crippen LogP contribution in [0.15, 0.2) is 30.3 Å². The fourth-order valence-corrected chi connectivity index (χ4v) is 2.36. The van der Waals surface area contributed by atoms with Crippen molar-refractivity contribution in [1.82, 2.24) is 10.2 Å². The number of benzene rings is 1. The van der Waals surface area contributed by atoms with E-state index in [1.54, 1.807) is 4.90 Å². The zero-order valence-electron chi connectivity index (χ0n) is 12.3. The van der Waals surface area contributed by atoms with Gasteiger partial charge in [-0.3, -0.25) is 0 Å². The maximum atomic E-state index is 12.3. The second-order valence-corrected chi connectivity index (χ2v) is 5.45. The van der Waals surface area contributed by atoms with Crippen molar-refractivity contribution in [3.05, 3.63) is 35.9 Å². The summed E-state index contributed by atoms with van der Waals surface area (Å²) in [5.74, 6) is -1.00. The van der Waals surface area contributed by atoms with Crippen LogP contribution in [0.4, 0.5) is 4.79 Å². The van der Waals surface area contributed by atoms with E-state index in [0.29, 0.717) is 13.0 Å². The summed E-state index contributed by atoms with van der Waals surface area (Å²) in [5.41, 5.74) is 0.902. The molecule has 1 aliphatic rings. The first-order valence-corrected chi connectivity index (χ1v) is 7.45. The summed E-state index contributed by atoms with van der Waals surface area (Å²) < 4.78 is 0. The molecule has 2 rings (SSSR count). The predicted octanol–water partition coefficient (Wildman–Crippen LogP) is 2.27. The van der Waals surface area contributed by atoms with Crippen LogP contribution < -0.4 is 5.32 Å². The molecule has 1 aromatic carbocycles. The quantitative estimate of drug-likeness (QED) is 0.809. The Hall–Kier alpha value is -2.04. The Morgan fingerprint density at radius 1 is 1.33 bits per heavy atom. The molecule has 1 atom stereocenters. The fraction of sp³-hybridized carbons (Fsp3) is 0.500. The molecule has 114 valence electrons. The highest BCUT2D eigenvalue weighted by molar-refractivity contribution is 5.83. The van der Waals surface area contributed by atoms with Gasteiger partial charge in [0.15, 0.2) is 0 Å². The molecule has 0 saturated heterocycles. The van der Waals surface area contributed by atoms with E-state index in [4.69, 9.17) is 0 Å². The lowest BCUT2D eigenvalue weighted by molar-refractivity contribution is -0.139. The number of nitrogens with zero attached hydrogens (tertiary/aromatic N) is 1. The Labute approximate surface area is 125 Å². The molecule has 0 radical (unpaired) electrons. The molecule has 0 bridgehead atoms. The highest BCUT2D eigenvalue weighted by Crippen LogP contribution is 2.27. The van der Waals surface area contributed by atoms with E-state index < -0.39 is 12.0 Å². The molecule has 5 nitrogen and oxygen atoms in total. The average molecular weight is 290 g/mol. The largest absolute Gasteiger partial charge is 0.480 e. The van der Waals surface area contributed by atoms with Crippen molar-refractivity contribution in [2.24, 2.45) is 0 Å². The summed E-state index contributed by atoms with van der Waals surface area (Å²) in [6.07, 6.45) is 3.21. The number of carbonyl (C=O) groups is 2. The summed E-state index contributed by atoms with van der Waals surface area (Å²) in [4.78, 5) is 25.4. The SMILES string of the molecule is CCCN(C(=O)N[C@@H](Cc1ccccc1)C(=O)O)C1CC1. The molecule has 21 heavy (non-hydrogen) atoms. The molecule has 0 aromatic heterocycles. The number of rotatable bonds is 7. The minimum Gasteiger partial charge on any atom is -0.480 e. The van der Waals surface area contributed by atoms with Crippen LogP contribution in [0.2, 0.25) is 0 Å². The van der Waals surface area contributed by atoms with Crippen molar-refractivity contribution in [3.8, 4) is 0 Å². The van der Waals surface area contributed by atoms with Crippen LogP contribution in [0.25, 0.3) is 0 Å². The zero-order chi connectivity index (χ0) is 15.2. The second kappa shape index (κ2) is 7.11. The standard InChI is InChI=1S/C16H22N2O3/c1-2-10-18(13-8-9-13)16(21)17-14(15(19)20)11-12-6-4-3-5-7-12/h3-7,13-14H,2,8-11H2,1H3,(H,17,21)(H,19,20)/t14-/m0/s1. The summed E-state index contributed by atoms with van der Waals surface area (Å²) in [5, 5.41) is 12.0.